The van der Waals surface area contributed by atoms with E-state index in [-0.39, 0.29) is 5.75 Å². The highest BCUT2D eigenvalue weighted by Crippen LogP contribution is 2.19. The van der Waals surface area contributed by atoms with E-state index in [0.29, 0.717) is 5.75 Å². The van der Waals surface area contributed by atoms with E-state index in [1.807, 2.05) is 0 Å². The number of sulfone groups is 1. The van der Waals surface area contributed by atoms with E-state index < -0.39 is 27.6 Å². The van der Waals surface area contributed by atoms with E-state index in [4.69, 9.17) is 4.74 Å². The Kier molecular flexibility index (Phi) is 5.97. The van der Waals surface area contributed by atoms with Crippen LogP contribution in [0.15, 0.2) is 24.3 Å². The molecule has 0 aliphatic heterocycles. The van der Waals surface area contributed by atoms with Crippen molar-refractivity contribution in [1.82, 2.24) is 5.32 Å². The van der Waals surface area contributed by atoms with Gasteiger partial charge in [-0.3, -0.25) is 4.79 Å². The van der Waals surface area contributed by atoms with Gasteiger partial charge in [-0.2, -0.15) is 0 Å². The summed E-state index contributed by atoms with van der Waals surface area (Å²) in [6.45, 7) is 0. The molecule has 0 aliphatic carbocycles. The number of carbonyl (C=O) groups excluding carboxylic acids is 1. The molecule has 0 radical (unpaired) electrons. The predicted octanol–water partition coefficient (Wildman–Crippen LogP) is 0.544. The van der Waals surface area contributed by atoms with Crippen LogP contribution in [0.5, 0.6) is 5.75 Å². The maximum atomic E-state index is 11.9. The van der Waals surface area contributed by atoms with Crippen LogP contribution in [-0.2, 0) is 19.4 Å². The number of hydrogen-bond acceptors (Lipinski definition) is 6. The highest BCUT2D eigenvalue weighted by atomic mass is 32.2. The minimum absolute atomic E-state index is 0.176. The van der Waals surface area contributed by atoms with Crippen LogP contribution in [0, 0.1) is 0 Å². The molecule has 20 heavy (non-hydrogen) atoms. The van der Waals surface area contributed by atoms with E-state index in [1.165, 1.54) is 0 Å². The molecule has 112 valence electrons. The summed E-state index contributed by atoms with van der Waals surface area (Å²) in [6, 6.07) is 6.69. The van der Waals surface area contributed by atoms with Crippen molar-refractivity contribution >= 4 is 15.8 Å². The van der Waals surface area contributed by atoms with Crippen molar-refractivity contribution in [3.8, 4) is 5.75 Å². The smallest absolute Gasteiger partial charge is 0.320 e. The summed E-state index contributed by atoms with van der Waals surface area (Å²) in [7, 11) is 0.857. The summed E-state index contributed by atoms with van der Waals surface area (Å²) in [4.78, 5) is 11.1. The lowest BCUT2D eigenvalue weighted by Crippen LogP contribution is -2.29. The summed E-state index contributed by atoms with van der Waals surface area (Å²) >= 11 is 0. The van der Waals surface area contributed by atoms with Crippen LogP contribution < -0.4 is 10.1 Å². The third kappa shape index (κ3) is 4.82. The molecule has 0 saturated heterocycles. The van der Waals surface area contributed by atoms with E-state index in [2.05, 4.69) is 10.1 Å². The van der Waals surface area contributed by atoms with Crippen LogP contribution >= 0.6 is 0 Å². The standard InChI is InChI=1S/C13H19NO5S/c1-14-12(8-20(16,17)9-13(15)19-3)10-4-6-11(18-2)7-5-10/h4-7,12,14H,8-9H2,1-3H3. The SMILES string of the molecule is CNC(CS(=O)(=O)CC(=O)OC)c1ccc(OC)cc1. The minimum Gasteiger partial charge on any atom is -0.497 e. The molecular weight excluding hydrogens is 282 g/mol. The Balaban J connectivity index is 2.82. The van der Waals surface area contributed by atoms with Crippen molar-refractivity contribution in [2.75, 3.05) is 32.8 Å². The topological polar surface area (TPSA) is 81.7 Å². The fourth-order valence-corrected chi connectivity index (χ4v) is 3.20. The van der Waals surface area contributed by atoms with Crippen LogP contribution in [0.1, 0.15) is 11.6 Å². The number of rotatable bonds is 7. The first kappa shape index (κ1) is 16.5. The normalized spacial score (nSPS) is 12.8. The molecule has 0 bridgehead atoms. The zero-order chi connectivity index (χ0) is 15.2. The molecule has 0 aliphatic rings. The number of benzene rings is 1. The molecule has 0 saturated carbocycles. The summed E-state index contributed by atoms with van der Waals surface area (Å²) < 4.78 is 33.2. The predicted molar refractivity (Wildman–Crippen MR) is 75.5 cm³/mol. The summed E-state index contributed by atoms with van der Waals surface area (Å²) in [5, 5.41) is 2.93. The Morgan fingerprint density at radius 2 is 1.85 bits per heavy atom. The molecule has 1 unspecified atom stereocenters. The largest absolute Gasteiger partial charge is 0.497 e. The lowest BCUT2D eigenvalue weighted by molar-refractivity contribution is -0.137. The zero-order valence-electron chi connectivity index (χ0n) is 11.8. The van der Waals surface area contributed by atoms with Crippen LogP contribution in [0.2, 0.25) is 0 Å². The van der Waals surface area contributed by atoms with E-state index >= 15 is 0 Å². The van der Waals surface area contributed by atoms with Gasteiger partial charge in [0.05, 0.1) is 20.0 Å². The van der Waals surface area contributed by atoms with E-state index in [1.54, 1.807) is 38.4 Å². The molecule has 1 rings (SSSR count). The molecular formula is C13H19NO5S. The van der Waals surface area contributed by atoms with Gasteiger partial charge in [0.2, 0.25) is 0 Å². The molecule has 7 heteroatoms. The number of esters is 1. The fourth-order valence-electron chi connectivity index (χ4n) is 1.73. The van der Waals surface area contributed by atoms with Gasteiger partial charge in [-0.1, -0.05) is 12.1 Å². The Morgan fingerprint density at radius 3 is 2.30 bits per heavy atom. The maximum Gasteiger partial charge on any atom is 0.320 e. The van der Waals surface area contributed by atoms with Gasteiger partial charge in [0, 0.05) is 6.04 Å². The van der Waals surface area contributed by atoms with E-state index in [0.717, 1.165) is 12.7 Å². The minimum atomic E-state index is -3.54. The summed E-state index contributed by atoms with van der Waals surface area (Å²) in [5.74, 6) is -0.849. The summed E-state index contributed by atoms with van der Waals surface area (Å²) in [5.41, 5.74) is 0.807. The van der Waals surface area contributed by atoms with Gasteiger partial charge in [0.25, 0.3) is 0 Å². The summed E-state index contributed by atoms with van der Waals surface area (Å²) in [6.07, 6.45) is 0. The number of nitrogens with one attached hydrogen (secondary N) is 1. The van der Waals surface area contributed by atoms with Crippen molar-refractivity contribution in [2.24, 2.45) is 0 Å². The second-order valence-electron chi connectivity index (χ2n) is 4.25. The van der Waals surface area contributed by atoms with Crippen LogP contribution in [0.3, 0.4) is 0 Å². The molecule has 1 aromatic rings. The molecule has 0 amide bonds. The molecule has 0 heterocycles. The van der Waals surface area contributed by atoms with Gasteiger partial charge in [-0.25, -0.2) is 8.42 Å². The fraction of sp³-hybridized carbons (Fsp3) is 0.462. The molecule has 0 spiro atoms. The number of hydrogen-bond donors (Lipinski definition) is 1. The lowest BCUT2D eigenvalue weighted by atomic mass is 10.1. The second-order valence-corrected chi connectivity index (χ2v) is 6.35. The lowest BCUT2D eigenvalue weighted by Gasteiger charge is -2.16. The highest BCUT2D eigenvalue weighted by molar-refractivity contribution is 7.92. The first-order chi connectivity index (χ1) is 9.41. The van der Waals surface area contributed by atoms with Crippen molar-refractivity contribution in [1.29, 1.82) is 0 Å². The van der Waals surface area contributed by atoms with Gasteiger partial charge < -0.3 is 14.8 Å². The van der Waals surface area contributed by atoms with Crippen molar-refractivity contribution in [2.45, 2.75) is 6.04 Å². The number of methoxy groups -OCH3 is 2. The Morgan fingerprint density at radius 1 is 1.25 bits per heavy atom. The van der Waals surface area contributed by atoms with Crippen LogP contribution in [0.4, 0.5) is 0 Å². The molecule has 6 nitrogen and oxygen atoms in total. The van der Waals surface area contributed by atoms with Gasteiger partial charge in [0.15, 0.2) is 9.84 Å². The molecule has 1 N–H and O–H groups in total. The van der Waals surface area contributed by atoms with Crippen molar-refractivity contribution in [3.05, 3.63) is 29.8 Å². The van der Waals surface area contributed by atoms with Crippen LogP contribution in [-0.4, -0.2) is 47.2 Å². The number of carbonyl (C=O) groups is 1. The maximum absolute atomic E-state index is 11.9. The van der Waals surface area contributed by atoms with Gasteiger partial charge in [-0.05, 0) is 24.7 Å². The van der Waals surface area contributed by atoms with Gasteiger partial charge in [0.1, 0.15) is 11.5 Å². The Bertz CT molecular complexity index is 538. The molecule has 1 aromatic carbocycles. The second kappa shape index (κ2) is 7.25. The van der Waals surface area contributed by atoms with Gasteiger partial charge in [-0.15, -0.1) is 0 Å². The van der Waals surface area contributed by atoms with Crippen LogP contribution in [0.25, 0.3) is 0 Å². The van der Waals surface area contributed by atoms with E-state index in [9.17, 15) is 13.2 Å². The molecule has 0 fully saturated rings. The average molecular weight is 301 g/mol. The molecule has 0 aromatic heterocycles. The van der Waals surface area contributed by atoms with Gasteiger partial charge >= 0.3 is 5.97 Å². The van der Waals surface area contributed by atoms with Crippen molar-refractivity contribution < 1.29 is 22.7 Å². The Hall–Kier alpha value is -1.60. The average Bonchev–Trinajstić information content (AvgIpc) is 2.44. The highest BCUT2D eigenvalue weighted by Gasteiger charge is 2.23. The third-order valence-corrected chi connectivity index (χ3v) is 4.37. The first-order valence-corrected chi connectivity index (χ1v) is 7.82. The monoisotopic (exact) mass is 301 g/mol. The van der Waals surface area contributed by atoms with Crippen molar-refractivity contribution in [3.63, 3.8) is 0 Å². The molecule has 1 atom stereocenters. The first-order valence-electron chi connectivity index (χ1n) is 6.00. The zero-order valence-corrected chi connectivity index (χ0v) is 12.6. The number of ether oxygens (including phenoxy) is 2. The quantitative estimate of drug-likeness (QED) is 0.740. The third-order valence-electron chi connectivity index (χ3n) is 2.85. The Labute approximate surface area is 119 Å².